The molecule has 3 atom stereocenters. The number of aliphatic hydroxyl groups is 1. The fourth-order valence-electron chi connectivity index (χ4n) is 3.94. The van der Waals surface area contributed by atoms with Crippen LogP contribution in [0.15, 0.2) is 12.7 Å². The third kappa shape index (κ3) is 10.8. The molecule has 3 unspecified atom stereocenters. The third-order valence-electron chi connectivity index (χ3n) is 5.35. The molecule has 0 saturated heterocycles. The van der Waals surface area contributed by atoms with Gasteiger partial charge in [-0.1, -0.05) is 26.3 Å². The van der Waals surface area contributed by atoms with Crippen LogP contribution in [0.2, 0.25) is 0 Å². The van der Waals surface area contributed by atoms with Gasteiger partial charge in [0.2, 0.25) is 5.91 Å². The molecular formula is C21H38KN2O6+. The van der Waals surface area contributed by atoms with Crippen molar-refractivity contribution >= 4 is 17.8 Å². The van der Waals surface area contributed by atoms with Gasteiger partial charge in [-0.15, -0.1) is 6.58 Å². The zero-order valence-corrected chi connectivity index (χ0v) is 22.0. The van der Waals surface area contributed by atoms with Crippen molar-refractivity contribution in [1.82, 2.24) is 5.32 Å². The molecule has 0 rings (SSSR count). The number of unbranched alkanes of at least 4 members (excludes halogenated alkanes) is 2. The van der Waals surface area contributed by atoms with Crippen molar-refractivity contribution in [2.75, 3.05) is 26.2 Å². The first kappa shape index (κ1) is 31.9. The Balaban J connectivity index is 0. The van der Waals surface area contributed by atoms with E-state index in [1.807, 2.05) is 13.8 Å². The molecule has 0 aromatic heterocycles. The van der Waals surface area contributed by atoms with Crippen LogP contribution in [-0.2, 0) is 14.4 Å². The van der Waals surface area contributed by atoms with Gasteiger partial charge in [0.25, 0.3) is 0 Å². The molecule has 168 valence electrons. The van der Waals surface area contributed by atoms with Gasteiger partial charge in [0, 0.05) is 19.3 Å². The van der Waals surface area contributed by atoms with E-state index in [-0.39, 0.29) is 101 Å². The molecule has 8 nitrogen and oxygen atoms in total. The summed E-state index contributed by atoms with van der Waals surface area (Å²) in [6.07, 6.45) is 6.19. The number of nitrogens with one attached hydrogen (secondary N) is 1. The summed E-state index contributed by atoms with van der Waals surface area (Å²) in [6.45, 7) is 7.17. The average Bonchev–Trinajstić information content (AvgIpc) is 2.66. The van der Waals surface area contributed by atoms with Gasteiger partial charge in [0.1, 0.15) is 12.6 Å². The Labute approximate surface area is 223 Å². The van der Waals surface area contributed by atoms with Gasteiger partial charge in [0.05, 0.1) is 25.7 Å². The number of carboxylic acids is 2. The van der Waals surface area contributed by atoms with E-state index in [0.29, 0.717) is 19.3 Å². The van der Waals surface area contributed by atoms with Gasteiger partial charge >= 0.3 is 57.4 Å². The Morgan fingerprint density at radius 3 is 2.17 bits per heavy atom. The maximum absolute atomic E-state index is 12.1. The molecule has 0 aliphatic carbocycles. The van der Waals surface area contributed by atoms with Crippen LogP contribution in [0.5, 0.6) is 0 Å². The van der Waals surface area contributed by atoms with Crippen LogP contribution in [-0.4, -0.2) is 70.9 Å². The standard InChI is InChI=1S/C21H38N2O6.K/c1-4-7-8-9-12-19(25)22-13-14-23(15-16-24,17(10-5-2)20(26)27)18(11-6-3)21(28)29;/h4,17-18,24H,1,5-16H2,2-3H3,(H2-,22,25,26,27,28,29);/q;+1. The van der Waals surface area contributed by atoms with Gasteiger partial charge in [-0.05, 0) is 25.7 Å². The monoisotopic (exact) mass is 453 g/mol. The second-order valence-corrected chi connectivity index (χ2v) is 7.42. The fourth-order valence-corrected chi connectivity index (χ4v) is 3.94. The Kier molecular flexibility index (Phi) is 19.4. The van der Waals surface area contributed by atoms with Crippen molar-refractivity contribution in [3.05, 3.63) is 12.7 Å². The minimum atomic E-state index is -1.32. The molecule has 0 heterocycles. The Bertz CT molecular complexity index is 506. The quantitative estimate of drug-likeness (QED) is 0.0939. The molecular weight excluding hydrogens is 415 g/mol. The number of aliphatic carboxylic acids is 2. The van der Waals surface area contributed by atoms with Crippen molar-refractivity contribution in [3.8, 4) is 0 Å². The van der Waals surface area contributed by atoms with E-state index in [1.54, 1.807) is 6.08 Å². The van der Waals surface area contributed by atoms with E-state index in [2.05, 4.69) is 11.9 Å². The Hall–Kier alpha value is -0.294. The molecule has 0 aromatic rings. The summed E-state index contributed by atoms with van der Waals surface area (Å²) < 4.78 is -0.327. The van der Waals surface area contributed by atoms with Crippen molar-refractivity contribution in [2.45, 2.75) is 77.3 Å². The number of carbonyl (C=O) groups is 3. The van der Waals surface area contributed by atoms with E-state index in [0.717, 1.165) is 19.3 Å². The van der Waals surface area contributed by atoms with Crippen molar-refractivity contribution in [2.24, 2.45) is 0 Å². The van der Waals surface area contributed by atoms with Gasteiger partial charge in [-0.25, -0.2) is 4.79 Å². The topological polar surface area (TPSA) is 127 Å². The summed E-state index contributed by atoms with van der Waals surface area (Å²) in [5, 5.41) is 34.2. The van der Waals surface area contributed by atoms with E-state index in [1.165, 1.54) is 0 Å². The molecule has 0 radical (unpaired) electrons. The Morgan fingerprint density at radius 2 is 1.70 bits per heavy atom. The van der Waals surface area contributed by atoms with E-state index in [4.69, 9.17) is 0 Å². The fraction of sp³-hybridized carbons (Fsp3) is 0.762. The van der Waals surface area contributed by atoms with Gasteiger partial charge in [-0.2, -0.15) is 0 Å². The smallest absolute Gasteiger partial charge is 0.544 e. The molecule has 0 spiro atoms. The normalized spacial score (nSPS) is 14.6. The van der Waals surface area contributed by atoms with Crippen LogP contribution in [0.3, 0.4) is 0 Å². The molecule has 1 amide bonds. The van der Waals surface area contributed by atoms with Crippen LogP contribution in [0.1, 0.15) is 65.2 Å². The molecule has 0 aliphatic heterocycles. The summed E-state index contributed by atoms with van der Waals surface area (Å²) in [6, 6.07) is -2.06. The number of hydrogen-bond donors (Lipinski definition) is 3. The largest absolute Gasteiger partial charge is 1.00 e. The first-order valence-corrected chi connectivity index (χ1v) is 10.6. The number of rotatable bonds is 18. The first-order valence-electron chi connectivity index (χ1n) is 10.6. The molecule has 0 bridgehead atoms. The molecule has 3 N–H and O–H groups in total. The number of allylic oxidation sites excluding steroid dienone is 1. The predicted molar refractivity (Wildman–Crippen MR) is 109 cm³/mol. The SMILES string of the molecule is C=CCCCCC(=O)NCC[N+](CCO)(C(CCC)C(=O)[O-])C(CCC)C(=O)O.[K+]. The summed E-state index contributed by atoms with van der Waals surface area (Å²) in [7, 11) is 0. The zero-order chi connectivity index (χ0) is 22.3. The van der Waals surface area contributed by atoms with Gasteiger partial charge in [0.15, 0.2) is 6.04 Å². The van der Waals surface area contributed by atoms with Crippen LogP contribution in [0.25, 0.3) is 0 Å². The molecule has 0 saturated carbocycles. The van der Waals surface area contributed by atoms with Crippen LogP contribution in [0.4, 0.5) is 0 Å². The van der Waals surface area contributed by atoms with E-state index >= 15 is 0 Å². The number of hydrogen-bond acceptors (Lipinski definition) is 5. The van der Waals surface area contributed by atoms with Crippen molar-refractivity contribution < 1.29 is 85.6 Å². The number of carbonyl (C=O) groups excluding carboxylic acids is 2. The zero-order valence-electron chi connectivity index (χ0n) is 18.9. The number of nitrogens with zero attached hydrogens (tertiary/aromatic N) is 1. The average molecular weight is 454 g/mol. The third-order valence-corrected chi connectivity index (χ3v) is 5.35. The second kappa shape index (κ2) is 18.3. The van der Waals surface area contributed by atoms with Crippen molar-refractivity contribution in [3.63, 3.8) is 0 Å². The van der Waals surface area contributed by atoms with Gasteiger partial charge < -0.3 is 29.9 Å². The number of amides is 1. The number of carboxylic acid groups (broad SMARTS) is 2. The maximum Gasteiger partial charge on any atom is 1.00 e. The van der Waals surface area contributed by atoms with Crippen LogP contribution < -0.4 is 61.8 Å². The van der Waals surface area contributed by atoms with E-state index < -0.39 is 24.0 Å². The Morgan fingerprint density at radius 1 is 1.10 bits per heavy atom. The molecule has 9 heteroatoms. The van der Waals surface area contributed by atoms with Crippen LogP contribution in [0, 0.1) is 0 Å². The molecule has 30 heavy (non-hydrogen) atoms. The summed E-state index contributed by atoms with van der Waals surface area (Å²) in [5.41, 5.74) is 0. The molecule has 0 aromatic carbocycles. The summed E-state index contributed by atoms with van der Waals surface area (Å²) in [5.74, 6) is -2.57. The summed E-state index contributed by atoms with van der Waals surface area (Å²) >= 11 is 0. The van der Waals surface area contributed by atoms with Crippen LogP contribution >= 0.6 is 0 Å². The van der Waals surface area contributed by atoms with Gasteiger partial charge in [-0.3, -0.25) is 4.79 Å². The molecule has 0 fully saturated rings. The van der Waals surface area contributed by atoms with Crippen molar-refractivity contribution in [1.29, 1.82) is 0 Å². The first-order chi connectivity index (χ1) is 13.8. The molecule has 0 aliphatic rings. The number of quaternary nitrogens is 1. The number of aliphatic hydroxyl groups excluding tert-OH is 1. The maximum atomic E-state index is 12.1. The second-order valence-electron chi connectivity index (χ2n) is 7.42. The minimum absolute atomic E-state index is 0. The van der Waals surface area contributed by atoms with E-state index in [9.17, 15) is 29.7 Å². The summed E-state index contributed by atoms with van der Waals surface area (Å²) in [4.78, 5) is 36.1. The minimum Gasteiger partial charge on any atom is -0.544 e. The predicted octanol–water partition coefficient (Wildman–Crippen LogP) is -2.17.